The summed E-state index contributed by atoms with van der Waals surface area (Å²) in [7, 11) is 0. The van der Waals surface area contributed by atoms with Gasteiger partial charge in [-0.3, -0.25) is 9.79 Å². The number of amides is 1. The fourth-order valence-corrected chi connectivity index (χ4v) is 3.87. The average molecular weight is 504 g/mol. The van der Waals surface area contributed by atoms with Crippen molar-refractivity contribution in [3.8, 4) is 0 Å². The van der Waals surface area contributed by atoms with Crippen LogP contribution >= 0.6 is 35.7 Å². The van der Waals surface area contributed by atoms with E-state index in [1.807, 2.05) is 36.6 Å². The van der Waals surface area contributed by atoms with Gasteiger partial charge in [0.15, 0.2) is 5.96 Å². The van der Waals surface area contributed by atoms with E-state index in [4.69, 9.17) is 4.99 Å². The number of halogens is 1. The third kappa shape index (κ3) is 8.29. The zero-order chi connectivity index (χ0) is 18.9. The predicted octanol–water partition coefficient (Wildman–Crippen LogP) is 3.60. The molecule has 1 aromatic carbocycles. The largest absolute Gasteiger partial charge is 0.357 e. The lowest BCUT2D eigenvalue weighted by atomic mass is 10.2. The smallest absolute Gasteiger partial charge is 0.225 e. The van der Waals surface area contributed by atoms with Gasteiger partial charge in [0.25, 0.3) is 0 Å². The zero-order valence-corrected chi connectivity index (χ0v) is 19.9. The van der Waals surface area contributed by atoms with Crippen molar-refractivity contribution in [1.29, 1.82) is 0 Å². The Morgan fingerprint density at radius 1 is 1.30 bits per heavy atom. The van der Waals surface area contributed by atoms with E-state index in [0.717, 1.165) is 38.6 Å². The van der Waals surface area contributed by atoms with Gasteiger partial charge >= 0.3 is 0 Å². The van der Waals surface area contributed by atoms with Crippen molar-refractivity contribution >= 4 is 47.6 Å². The molecular weight excluding hydrogens is 471 g/mol. The Labute approximate surface area is 185 Å². The quantitative estimate of drug-likeness (QED) is 0.258. The van der Waals surface area contributed by atoms with Gasteiger partial charge in [0.05, 0.1) is 6.54 Å². The molecule has 1 aromatic rings. The number of carbonyl (C=O) groups is 1. The van der Waals surface area contributed by atoms with Crippen molar-refractivity contribution in [3.63, 3.8) is 0 Å². The summed E-state index contributed by atoms with van der Waals surface area (Å²) in [5.41, 5.74) is 0. The highest BCUT2D eigenvalue weighted by atomic mass is 127. The van der Waals surface area contributed by atoms with Crippen LogP contribution in [0.15, 0.2) is 40.2 Å². The van der Waals surface area contributed by atoms with Crippen LogP contribution in [0.3, 0.4) is 0 Å². The van der Waals surface area contributed by atoms with E-state index >= 15 is 0 Å². The van der Waals surface area contributed by atoms with Gasteiger partial charge in [-0.25, -0.2) is 0 Å². The van der Waals surface area contributed by atoms with Gasteiger partial charge in [-0.05, 0) is 25.5 Å². The molecule has 0 aromatic heterocycles. The Balaban J connectivity index is 0.00000364. The molecule has 0 radical (unpaired) electrons. The molecule has 2 unspecified atom stereocenters. The number of hydrogen-bond donors (Lipinski definition) is 2. The fraction of sp³-hybridized carbons (Fsp3) is 0.600. The minimum absolute atomic E-state index is 0. The van der Waals surface area contributed by atoms with Gasteiger partial charge in [-0.2, -0.15) is 0 Å². The Hall–Kier alpha value is -0.960. The third-order valence-electron chi connectivity index (χ3n) is 4.27. The molecule has 1 amide bonds. The predicted molar refractivity (Wildman–Crippen MR) is 126 cm³/mol. The van der Waals surface area contributed by atoms with E-state index in [1.165, 1.54) is 4.90 Å². The molecule has 27 heavy (non-hydrogen) atoms. The van der Waals surface area contributed by atoms with Crippen LogP contribution in [0.5, 0.6) is 0 Å². The molecule has 1 fully saturated rings. The summed E-state index contributed by atoms with van der Waals surface area (Å²) in [5, 5.41) is 7.22. The van der Waals surface area contributed by atoms with Crippen molar-refractivity contribution in [2.45, 2.75) is 50.3 Å². The van der Waals surface area contributed by atoms with Gasteiger partial charge in [0.1, 0.15) is 0 Å². The molecular formula is C20H33IN4OS. The first-order valence-corrected chi connectivity index (χ1v) is 10.4. The second-order valence-corrected chi connectivity index (χ2v) is 8.54. The molecule has 152 valence electrons. The van der Waals surface area contributed by atoms with E-state index in [0.29, 0.717) is 5.25 Å². The minimum Gasteiger partial charge on any atom is -0.357 e. The highest BCUT2D eigenvalue weighted by molar-refractivity contribution is 14.0. The van der Waals surface area contributed by atoms with E-state index in [1.54, 1.807) is 0 Å². The summed E-state index contributed by atoms with van der Waals surface area (Å²) < 4.78 is 0. The lowest BCUT2D eigenvalue weighted by molar-refractivity contribution is -0.133. The number of benzene rings is 1. The second kappa shape index (κ2) is 12.5. The molecule has 2 N–H and O–H groups in total. The lowest BCUT2D eigenvalue weighted by Gasteiger charge is -2.20. The van der Waals surface area contributed by atoms with Crippen LogP contribution in [0.1, 0.15) is 34.1 Å². The molecule has 0 spiro atoms. The van der Waals surface area contributed by atoms with Gasteiger partial charge in [0, 0.05) is 41.7 Å². The number of guanidine groups is 1. The minimum atomic E-state index is 0. The molecule has 7 heteroatoms. The molecule has 0 bridgehead atoms. The highest BCUT2D eigenvalue weighted by Gasteiger charge is 2.27. The monoisotopic (exact) mass is 504 g/mol. The first-order chi connectivity index (χ1) is 12.5. The summed E-state index contributed by atoms with van der Waals surface area (Å²) >= 11 is 1.84. The normalized spacial score (nSPS) is 18.2. The Morgan fingerprint density at radius 2 is 2.00 bits per heavy atom. The molecule has 0 saturated carbocycles. The fourth-order valence-electron chi connectivity index (χ4n) is 2.95. The highest BCUT2D eigenvalue weighted by Crippen LogP contribution is 2.22. The Kier molecular flexibility index (Phi) is 11.1. The molecule has 2 atom stereocenters. The van der Waals surface area contributed by atoms with Crippen molar-refractivity contribution < 1.29 is 4.79 Å². The number of aliphatic imine (C=N–C) groups is 1. The summed E-state index contributed by atoms with van der Waals surface area (Å²) in [6, 6.07) is 10.7. The van der Waals surface area contributed by atoms with Crippen LogP contribution in [0, 0.1) is 5.92 Å². The molecule has 2 rings (SSSR count). The topological polar surface area (TPSA) is 56.7 Å². The van der Waals surface area contributed by atoms with Crippen molar-refractivity contribution in [2.75, 3.05) is 26.2 Å². The van der Waals surface area contributed by atoms with E-state index in [9.17, 15) is 4.79 Å². The Morgan fingerprint density at radius 3 is 2.63 bits per heavy atom. The maximum Gasteiger partial charge on any atom is 0.225 e. The standard InChI is InChI=1S/C20H32N4OS.HI/c1-5-21-20(22-13-16(4)26-18-9-7-6-8-10-18)23-17-11-12-24(14-17)19(25)15(2)3;/h6-10,15-17H,5,11-14H2,1-4H3,(H2,21,22,23);1H. The van der Waals surface area contributed by atoms with Crippen LogP contribution in [-0.4, -0.2) is 54.2 Å². The van der Waals surface area contributed by atoms with Gasteiger partial charge < -0.3 is 15.5 Å². The molecule has 1 aliphatic rings. The maximum atomic E-state index is 12.1. The van der Waals surface area contributed by atoms with Crippen molar-refractivity contribution in [3.05, 3.63) is 30.3 Å². The van der Waals surface area contributed by atoms with E-state index < -0.39 is 0 Å². The summed E-state index contributed by atoms with van der Waals surface area (Å²) in [6.07, 6.45) is 0.969. The number of rotatable bonds is 7. The Bertz CT molecular complexity index is 597. The number of nitrogens with zero attached hydrogens (tertiary/aromatic N) is 2. The second-order valence-electron chi connectivity index (χ2n) is 7.03. The zero-order valence-electron chi connectivity index (χ0n) is 16.8. The summed E-state index contributed by atoms with van der Waals surface area (Å²) in [6.45, 7) is 11.3. The molecule has 5 nitrogen and oxygen atoms in total. The molecule has 1 heterocycles. The number of carbonyl (C=O) groups excluding carboxylic acids is 1. The van der Waals surface area contributed by atoms with Crippen LogP contribution in [0.2, 0.25) is 0 Å². The number of likely N-dealkylation sites (tertiary alicyclic amines) is 1. The summed E-state index contributed by atoms with van der Waals surface area (Å²) in [5.74, 6) is 1.15. The molecule has 1 saturated heterocycles. The molecule has 1 aliphatic heterocycles. The van der Waals surface area contributed by atoms with E-state index in [2.05, 4.69) is 48.7 Å². The first kappa shape index (κ1) is 24.1. The van der Waals surface area contributed by atoms with E-state index in [-0.39, 0.29) is 41.8 Å². The number of thioether (sulfide) groups is 1. The van der Waals surface area contributed by atoms with Crippen LogP contribution in [0.25, 0.3) is 0 Å². The molecule has 0 aliphatic carbocycles. The van der Waals surface area contributed by atoms with Crippen molar-refractivity contribution in [2.24, 2.45) is 10.9 Å². The van der Waals surface area contributed by atoms with Crippen LogP contribution in [0.4, 0.5) is 0 Å². The summed E-state index contributed by atoms with van der Waals surface area (Å²) in [4.78, 5) is 20.1. The lowest BCUT2D eigenvalue weighted by Crippen LogP contribution is -2.45. The van der Waals surface area contributed by atoms with Gasteiger partial charge in [0.2, 0.25) is 5.91 Å². The first-order valence-electron chi connectivity index (χ1n) is 9.55. The van der Waals surface area contributed by atoms with Crippen LogP contribution in [-0.2, 0) is 4.79 Å². The number of nitrogens with one attached hydrogen (secondary N) is 2. The third-order valence-corrected chi connectivity index (χ3v) is 5.36. The van der Waals surface area contributed by atoms with Gasteiger partial charge in [-0.1, -0.05) is 39.0 Å². The van der Waals surface area contributed by atoms with Gasteiger partial charge in [-0.15, -0.1) is 35.7 Å². The van der Waals surface area contributed by atoms with Crippen LogP contribution < -0.4 is 10.6 Å². The average Bonchev–Trinajstić information content (AvgIpc) is 3.08. The maximum absolute atomic E-state index is 12.1. The van der Waals surface area contributed by atoms with Crippen molar-refractivity contribution in [1.82, 2.24) is 15.5 Å². The number of hydrogen-bond acceptors (Lipinski definition) is 3. The SMILES string of the molecule is CCNC(=NCC(C)Sc1ccccc1)NC1CCN(C(=O)C(C)C)C1.I.